The van der Waals surface area contributed by atoms with E-state index >= 15 is 0 Å². The predicted octanol–water partition coefficient (Wildman–Crippen LogP) is 5.20. The van der Waals surface area contributed by atoms with E-state index in [1.54, 1.807) is 30.3 Å². The molecule has 1 aliphatic rings. The molecule has 184 valence electrons. The van der Waals surface area contributed by atoms with Crippen molar-refractivity contribution in [2.24, 2.45) is 0 Å². The summed E-state index contributed by atoms with van der Waals surface area (Å²) in [5.41, 5.74) is 4.08. The smallest absolute Gasteiger partial charge is 0.335 e. The Morgan fingerprint density at radius 1 is 0.833 bits per heavy atom. The van der Waals surface area contributed by atoms with Crippen LogP contribution in [0.5, 0.6) is 11.5 Å². The van der Waals surface area contributed by atoms with Crippen LogP contribution in [0.4, 0.5) is 10.5 Å². The van der Waals surface area contributed by atoms with E-state index in [9.17, 15) is 14.4 Å². The minimum Gasteiger partial charge on any atom is -0.490 e. The minimum absolute atomic E-state index is 0.148. The SMILES string of the molecule is CCOc1cc(/C=C2/C(=O)NC(=O)N(c3ccc(CC)cc3)C2=O)ccc1OCc1ccc(C)cc1. The second-order valence-corrected chi connectivity index (χ2v) is 8.39. The molecule has 4 rings (SSSR count). The number of carbonyl (C=O) groups excluding carboxylic acids is 3. The van der Waals surface area contributed by atoms with E-state index in [0.29, 0.717) is 36.0 Å². The summed E-state index contributed by atoms with van der Waals surface area (Å²) < 4.78 is 11.7. The standard InChI is InChI=1S/C29H28N2O5/c1-4-20-10-13-23(14-11-20)31-28(33)24(27(32)30-29(31)34)16-22-12-15-25(26(17-22)35-5-2)36-18-21-8-6-19(3)7-9-21/h6-17H,4-5,18H2,1-3H3,(H,30,32,34)/b24-16-. The van der Waals surface area contributed by atoms with Crippen molar-refractivity contribution in [1.82, 2.24) is 5.32 Å². The summed E-state index contributed by atoms with van der Waals surface area (Å²) in [6.07, 6.45) is 2.28. The lowest BCUT2D eigenvalue weighted by Gasteiger charge is -2.26. The number of hydrogen-bond acceptors (Lipinski definition) is 5. The molecule has 0 atom stereocenters. The van der Waals surface area contributed by atoms with Gasteiger partial charge in [-0.25, -0.2) is 9.69 Å². The van der Waals surface area contributed by atoms with Crippen LogP contribution in [0.25, 0.3) is 6.08 Å². The lowest BCUT2D eigenvalue weighted by atomic mass is 10.1. The van der Waals surface area contributed by atoms with E-state index in [-0.39, 0.29) is 5.57 Å². The van der Waals surface area contributed by atoms with Gasteiger partial charge in [-0.3, -0.25) is 14.9 Å². The molecule has 0 aromatic heterocycles. The molecule has 0 radical (unpaired) electrons. The molecule has 1 heterocycles. The zero-order valence-electron chi connectivity index (χ0n) is 20.5. The van der Waals surface area contributed by atoms with Gasteiger partial charge in [0.15, 0.2) is 11.5 Å². The summed E-state index contributed by atoms with van der Waals surface area (Å²) in [6, 6.07) is 19.5. The normalized spacial score (nSPS) is 14.7. The number of ether oxygens (including phenoxy) is 2. The lowest BCUT2D eigenvalue weighted by molar-refractivity contribution is -0.122. The van der Waals surface area contributed by atoms with E-state index in [1.807, 2.05) is 57.2 Å². The van der Waals surface area contributed by atoms with Crippen molar-refractivity contribution in [2.75, 3.05) is 11.5 Å². The minimum atomic E-state index is -0.777. The Bertz CT molecular complexity index is 1310. The average Bonchev–Trinajstić information content (AvgIpc) is 2.87. The molecule has 4 amide bonds. The number of nitrogens with zero attached hydrogens (tertiary/aromatic N) is 1. The molecule has 1 saturated heterocycles. The Labute approximate surface area is 210 Å². The van der Waals surface area contributed by atoms with E-state index in [4.69, 9.17) is 9.47 Å². The topological polar surface area (TPSA) is 84.9 Å². The molecule has 7 heteroatoms. The fraction of sp³-hybridized carbons (Fsp3) is 0.207. The number of barbiturate groups is 1. The molecule has 3 aromatic carbocycles. The summed E-state index contributed by atoms with van der Waals surface area (Å²) in [7, 11) is 0. The second kappa shape index (κ2) is 10.9. The third kappa shape index (κ3) is 5.46. The van der Waals surface area contributed by atoms with Gasteiger partial charge < -0.3 is 9.47 Å². The number of urea groups is 1. The van der Waals surface area contributed by atoms with Crippen molar-refractivity contribution >= 4 is 29.6 Å². The molecule has 7 nitrogen and oxygen atoms in total. The van der Waals surface area contributed by atoms with Crippen molar-refractivity contribution in [2.45, 2.75) is 33.8 Å². The van der Waals surface area contributed by atoms with Crippen molar-refractivity contribution in [3.63, 3.8) is 0 Å². The van der Waals surface area contributed by atoms with Crippen LogP contribution in [-0.2, 0) is 22.6 Å². The fourth-order valence-corrected chi connectivity index (χ4v) is 3.79. The Morgan fingerprint density at radius 2 is 1.53 bits per heavy atom. The van der Waals surface area contributed by atoms with Crippen LogP contribution in [-0.4, -0.2) is 24.5 Å². The fourth-order valence-electron chi connectivity index (χ4n) is 3.79. The Balaban J connectivity index is 1.59. The first-order chi connectivity index (χ1) is 17.4. The maximum absolute atomic E-state index is 13.2. The summed E-state index contributed by atoms with van der Waals surface area (Å²) in [5, 5.41) is 2.25. The van der Waals surface area contributed by atoms with Gasteiger partial charge in [0.25, 0.3) is 11.8 Å². The summed E-state index contributed by atoms with van der Waals surface area (Å²) in [4.78, 5) is 39.2. The molecular weight excluding hydrogens is 456 g/mol. The van der Waals surface area contributed by atoms with Gasteiger partial charge in [0.2, 0.25) is 0 Å². The van der Waals surface area contributed by atoms with E-state index in [0.717, 1.165) is 22.4 Å². The zero-order chi connectivity index (χ0) is 25.7. The molecule has 0 unspecified atom stereocenters. The van der Waals surface area contributed by atoms with E-state index < -0.39 is 17.8 Å². The highest BCUT2D eigenvalue weighted by Crippen LogP contribution is 2.31. The van der Waals surface area contributed by atoms with Crippen molar-refractivity contribution in [1.29, 1.82) is 0 Å². The number of carbonyl (C=O) groups is 3. The maximum Gasteiger partial charge on any atom is 0.335 e. The number of benzene rings is 3. The Kier molecular flexibility index (Phi) is 7.49. The highest BCUT2D eigenvalue weighted by Gasteiger charge is 2.36. The highest BCUT2D eigenvalue weighted by molar-refractivity contribution is 6.39. The van der Waals surface area contributed by atoms with Crippen molar-refractivity contribution < 1.29 is 23.9 Å². The molecule has 0 bridgehead atoms. The van der Waals surface area contributed by atoms with Crippen molar-refractivity contribution in [3.05, 3.63) is 94.6 Å². The van der Waals surface area contributed by atoms with Gasteiger partial charge in [0, 0.05) is 0 Å². The van der Waals surface area contributed by atoms with E-state index in [1.165, 1.54) is 11.6 Å². The summed E-state index contributed by atoms with van der Waals surface area (Å²) in [5.74, 6) is -0.396. The van der Waals surface area contributed by atoms with Gasteiger partial charge in [-0.1, -0.05) is 55.0 Å². The van der Waals surface area contributed by atoms with Gasteiger partial charge in [-0.15, -0.1) is 0 Å². The number of nitrogens with one attached hydrogen (secondary N) is 1. The van der Waals surface area contributed by atoms with Crippen LogP contribution in [0.15, 0.2) is 72.3 Å². The number of aryl methyl sites for hydroxylation is 2. The number of rotatable bonds is 8. The first-order valence-corrected chi connectivity index (χ1v) is 11.8. The van der Waals surface area contributed by atoms with Crippen LogP contribution < -0.4 is 19.7 Å². The number of amides is 4. The molecule has 0 saturated carbocycles. The van der Waals surface area contributed by atoms with Crippen LogP contribution >= 0.6 is 0 Å². The summed E-state index contributed by atoms with van der Waals surface area (Å²) in [6.45, 7) is 6.69. The molecule has 1 aliphatic heterocycles. The predicted molar refractivity (Wildman–Crippen MR) is 138 cm³/mol. The second-order valence-electron chi connectivity index (χ2n) is 8.39. The molecular formula is C29H28N2O5. The molecule has 0 spiro atoms. The zero-order valence-corrected chi connectivity index (χ0v) is 20.5. The van der Waals surface area contributed by atoms with E-state index in [2.05, 4.69) is 5.32 Å². The Hall–Kier alpha value is -4.39. The quantitative estimate of drug-likeness (QED) is 0.351. The van der Waals surface area contributed by atoms with Crippen LogP contribution in [0, 0.1) is 6.92 Å². The van der Waals surface area contributed by atoms with Crippen LogP contribution in [0.2, 0.25) is 0 Å². The monoisotopic (exact) mass is 484 g/mol. The van der Waals surface area contributed by atoms with Gasteiger partial charge >= 0.3 is 6.03 Å². The number of hydrogen-bond donors (Lipinski definition) is 1. The average molecular weight is 485 g/mol. The van der Waals surface area contributed by atoms with Gasteiger partial charge in [0.1, 0.15) is 12.2 Å². The van der Waals surface area contributed by atoms with Crippen molar-refractivity contribution in [3.8, 4) is 11.5 Å². The first-order valence-electron chi connectivity index (χ1n) is 11.8. The molecule has 0 aliphatic carbocycles. The molecule has 3 aromatic rings. The number of imide groups is 2. The third-order valence-corrected chi connectivity index (χ3v) is 5.80. The lowest BCUT2D eigenvalue weighted by Crippen LogP contribution is -2.54. The van der Waals surface area contributed by atoms with Gasteiger partial charge in [0.05, 0.1) is 12.3 Å². The summed E-state index contributed by atoms with van der Waals surface area (Å²) >= 11 is 0. The maximum atomic E-state index is 13.2. The van der Waals surface area contributed by atoms with Gasteiger partial charge in [-0.05, 0) is 67.3 Å². The van der Waals surface area contributed by atoms with Crippen LogP contribution in [0.3, 0.4) is 0 Å². The number of anilines is 1. The Morgan fingerprint density at radius 3 is 2.19 bits per heavy atom. The molecule has 1 N–H and O–H groups in total. The molecule has 36 heavy (non-hydrogen) atoms. The third-order valence-electron chi connectivity index (χ3n) is 5.80. The molecule has 1 fully saturated rings. The van der Waals surface area contributed by atoms with Gasteiger partial charge in [-0.2, -0.15) is 0 Å². The highest BCUT2D eigenvalue weighted by atomic mass is 16.5. The largest absolute Gasteiger partial charge is 0.490 e. The van der Waals surface area contributed by atoms with Crippen LogP contribution in [0.1, 0.15) is 36.1 Å². The first kappa shape index (κ1) is 24.7.